The summed E-state index contributed by atoms with van der Waals surface area (Å²) in [6.07, 6.45) is 6.12. The van der Waals surface area contributed by atoms with Gasteiger partial charge in [-0.1, -0.05) is 0 Å². The van der Waals surface area contributed by atoms with E-state index in [2.05, 4.69) is 23.5 Å². The Kier molecular flexibility index (Phi) is 4.47. The van der Waals surface area contributed by atoms with Crippen molar-refractivity contribution in [2.75, 3.05) is 18.4 Å². The normalized spacial score (nSPS) is 16.0. The maximum absolute atomic E-state index is 12.3. The van der Waals surface area contributed by atoms with Crippen molar-refractivity contribution in [1.29, 1.82) is 0 Å². The van der Waals surface area contributed by atoms with E-state index in [1.54, 1.807) is 11.3 Å². The molecule has 118 valence electrons. The van der Waals surface area contributed by atoms with Crippen LogP contribution < -0.4 is 5.32 Å². The molecule has 1 aliphatic heterocycles. The first kappa shape index (κ1) is 15.1. The van der Waals surface area contributed by atoms with Crippen LogP contribution in [0.2, 0.25) is 0 Å². The lowest BCUT2D eigenvalue weighted by molar-refractivity contribution is 0.194. The number of urea groups is 1. The summed E-state index contributed by atoms with van der Waals surface area (Å²) in [5.41, 5.74) is 3.36. The molecule has 0 saturated carbocycles. The number of amides is 2. The summed E-state index contributed by atoms with van der Waals surface area (Å²) in [7, 11) is 0. The van der Waals surface area contributed by atoms with E-state index in [0.29, 0.717) is 5.92 Å². The molecule has 22 heavy (non-hydrogen) atoms. The summed E-state index contributed by atoms with van der Waals surface area (Å²) in [4.78, 5) is 14.2. The molecule has 1 aliphatic rings. The number of anilines is 1. The average molecular weight is 318 g/mol. The van der Waals surface area contributed by atoms with Gasteiger partial charge in [0.2, 0.25) is 0 Å². The van der Waals surface area contributed by atoms with Crippen molar-refractivity contribution < 1.29 is 4.79 Å². The van der Waals surface area contributed by atoms with Crippen LogP contribution in [0.5, 0.6) is 0 Å². The number of hydrogen-bond acceptors (Lipinski definition) is 3. The Morgan fingerprint density at radius 3 is 2.77 bits per heavy atom. The molecule has 0 bridgehead atoms. The minimum atomic E-state index is 0.0178. The highest BCUT2D eigenvalue weighted by Crippen LogP contribution is 2.28. The fourth-order valence-corrected chi connectivity index (χ4v) is 3.64. The van der Waals surface area contributed by atoms with E-state index < -0.39 is 0 Å². The number of thiophene rings is 1. The number of aromatic nitrogens is 2. The second-order valence-corrected chi connectivity index (χ2v) is 6.53. The number of piperidine rings is 1. The first-order chi connectivity index (χ1) is 10.7. The Bertz CT molecular complexity index is 640. The number of hydrogen-bond donors (Lipinski definition) is 1. The number of aryl methyl sites for hydroxylation is 2. The van der Waals surface area contributed by atoms with Gasteiger partial charge in [-0.2, -0.15) is 5.10 Å². The number of nitrogens with zero attached hydrogens (tertiary/aromatic N) is 3. The molecule has 3 heterocycles. The van der Waals surface area contributed by atoms with Crippen molar-refractivity contribution in [2.45, 2.75) is 39.2 Å². The third-order valence-electron chi connectivity index (χ3n) is 4.33. The zero-order chi connectivity index (χ0) is 15.5. The van der Waals surface area contributed by atoms with Gasteiger partial charge in [0, 0.05) is 31.2 Å². The predicted octanol–water partition coefficient (Wildman–Crippen LogP) is 3.68. The third kappa shape index (κ3) is 3.16. The molecule has 6 heteroatoms. The molecule has 1 N–H and O–H groups in total. The minimum absolute atomic E-state index is 0.0178. The molecular formula is C16H22N4OS. The Morgan fingerprint density at radius 2 is 2.18 bits per heavy atom. The second kappa shape index (κ2) is 6.52. The van der Waals surface area contributed by atoms with Gasteiger partial charge in [-0.3, -0.25) is 4.68 Å². The van der Waals surface area contributed by atoms with Gasteiger partial charge in [-0.15, -0.1) is 11.3 Å². The molecule has 2 aromatic heterocycles. The standard InChI is InChI=1S/C16H22N4OS/c1-3-20-9-14(8-17-20)13-4-6-19(7-5-13)16(21)18-15-11-22-10-12(15)2/h8-11,13H,3-7H2,1-2H3,(H,18,21). The molecule has 5 nitrogen and oxygen atoms in total. The Balaban J connectivity index is 1.55. The van der Waals surface area contributed by atoms with Crippen molar-refractivity contribution >= 4 is 23.1 Å². The quantitative estimate of drug-likeness (QED) is 0.938. The molecule has 2 aromatic rings. The van der Waals surface area contributed by atoms with E-state index in [0.717, 1.165) is 43.7 Å². The Hall–Kier alpha value is -1.82. The van der Waals surface area contributed by atoms with Crippen LogP contribution in [0.1, 0.15) is 36.8 Å². The van der Waals surface area contributed by atoms with Crippen molar-refractivity contribution in [3.8, 4) is 0 Å². The minimum Gasteiger partial charge on any atom is -0.324 e. The van der Waals surface area contributed by atoms with Gasteiger partial charge >= 0.3 is 6.03 Å². The number of rotatable bonds is 3. The van der Waals surface area contributed by atoms with Gasteiger partial charge < -0.3 is 10.2 Å². The molecule has 3 rings (SSSR count). The maximum atomic E-state index is 12.3. The fraction of sp³-hybridized carbons (Fsp3) is 0.500. The first-order valence-electron chi connectivity index (χ1n) is 7.78. The number of likely N-dealkylation sites (tertiary alicyclic amines) is 1. The lowest BCUT2D eigenvalue weighted by Gasteiger charge is -2.31. The Morgan fingerprint density at radius 1 is 1.41 bits per heavy atom. The number of carbonyl (C=O) groups is 1. The van der Waals surface area contributed by atoms with Gasteiger partial charge in [-0.25, -0.2) is 4.79 Å². The van der Waals surface area contributed by atoms with Crippen molar-refractivity contribution in [1.82, 2.24) is 14.7 Å². The van der Waals surface area contributed by atoms with Crippen LogP contribution in [-0.2, 0) is 6.54 Å². The van der Waals surface area contributed by atoms with Gasteiger partial charge in [0.15, 0.2) is 0 Å². The monoisotopic (exact) mass is 318 g/mol. The molecule has 0 radical (unpaired) electrons. The van der Waals surface area contributed by atoms with Crippen molar-refractivity contribution in [3.63, 3.8) is 0 Å². The number of nitrogens with one attached hydrogen (secondary N) is 1. The van der Waals surface area contributed by atoms with Gasteiger partial charge in [0.05, 0.1) is 11.9 Å². The molecule has 0 aliphatic carbocycles. The number of carbonyl (C=O) groups excluding carboxylic acids is 1. The van der Waals surface area contributed by atoms with E-state index in [1.807, 2.05) is 33.5 Å². The van der Waals surface area contributed by atoms with Crippen LogP contribution in [0.3, 0.4) is 0 Å². The van der Waals surface area contributed by atoms with Gasteiger partial charge in [0.1, 0.15) is 0 Å². The van der Waals surface area contributed by atoms with E-state index in [-0.39, 0.29) is 6.03 Å². The van der Waals surface area contributed by atoms with E-state index in [1.165, 1.54) is 5.56 Å². The van der Waals surface area contributed by atoms with Crippen LogP contribution in [0.25, 0.3) is 0 Å². The van der Waals surface area contributed by atoms with Crippen LogP contribution >= 0.6 is 11.3 Å². The molecule has 1 fully saturated rings. The highest BCUT2D eigenvalue weighted by molar-refractivity contribution is 7.08. The fourth-order valence-electron chi connectivity index (χ4n) is 2.86. The topological polar surface area (TPSA) is 50.2 Å². The smallest absolute Gasteiger partial charge is 0.321 e. The molecular weight excluding hydrogens is 296 g/mol. The van der Waals surface area contributed by atoms with Gasteiger partial charge in [-0.05, 0) is 49.1 Å². The SMILES string of the molecule is CCn1cc(C2CCN(C(=O)Nc3cscc3C)CC2)cn1. The van der Waals surface area contributed by atoms with Gasteiger partial charge in [0.25, 0.3) is 0 Å². The summed E-state index contributed by atoms with van der Waals surface area (Å²) in [5.74, 6) is 0.521. The lowest BCUT2D eigenvalue weighted by atomic mass is 9.92. The van der Waals surface area contributed by atoms with Crippen molar-refractivity contribution in [3.05, 3.63) is 34.3 Å². The molecule has 0 aromatic carbocycles. The molecule has 0 atom stereocenters. The van der Waals surface area contributed by atoms with Crippen LogP contribution in [-0.4, -0.2) is 33.8 Å². The lowest BCUT2D eigenvalue weighted by Crippen LogP contribution is -2.40. The summed E-state index contributed by atoms with van der Waals surface area (Å²) in [6, 6.07) is 0.0178. The van der Waals surface area contributed by atoms with E-state index in [4.69, 9.17) is 0 Å². The molecule has 1 saturated heterocycles. The Labute approximate surface area is 134 Å². The van der Waals surface area contributed by atoms with Crippen molar-refractivity contribution in [2.24, 2.45) is 0 Å². The van der Waals surface area contributed by atoms with Crippen LogP contribution in [0, 0.1) is 6.92 Å². The molecule has 0 spiro atoms. The summed E-state index contributed by atoms with van der Waals surface area (Å²) >= 11 is 1.61. The molecule has 2 amide bonds. The summed E-state index contributed by atoms with van der Waals surface area (Å²) in [6.45, 7) is 6.62. The summed E-state index contributed by atoms with van der Waals surface area (Å²) in [5, 5.41) is 11.4. The largest absolute Gasteiger partial charge is 0.324 e. The van der Waals surface area contributed by atoms with E-state index in [9.17, 15) is 4.79 Å². The highest BCUT2D eigenvalue weighted by atomic mass is 32.1. The average Bonchev–Trinajstić information content (AvgIpc) is 3.17. The van der Waals surface area contributed by atoms with Crippen LogP contribution in [0.4, 0.5) is 10.5 Å². The predicted molar refractivity (Wildman–Crippen MR) is 89.5 cm³/mol. The van der Waals surface area contributed by atoms with Crippen LogP contribution in [0.15, 0.2) is 23.2 Å². The zero-order valence-corrected chi connectivity index (χ0v) is 13.9. The highest BCUT2D eigenvalue weighted by Gasteiger charge is 2.24. The zero-order valence-electron chi connectivity index (χ0n) is 13.1. The second-order valence-electron chi connectivity index (χ2n) is 5.79. The third-order valence-corrected chi connectivity index (χ3v) is 5.19. The van der Waals surface area contributed by atoms with E-state index >= 15 is 0 Å². The maximum Gasteiger partial charge on any atom is 0.321 e. The first-order valence-corrected chi connectivity index (χ1v) is 8.72. The summed E-state index contributed by atoms with van der Waals surface area (Å²) < 4.78 is 1.97. The molecule has 0 unspecified atom stereocenters.